The number of rotatable bonds is 3. The highest BCUT2D eigenvalue weighted by Crippen LogP contribution is 2.28. The zero-order valence-corrected chi connectivity index (χ0v) is 6.82. The zero-order chi connectivity index (χ0) is 9.14. The van der Waals surface area contributed by atoms with Gasteiger partial charge in [0.25, 0.3) is 0 Å². The Morgan fingerprint density at radius 3 is 2.67 bits per heavy atom. The third-order valence-corrected chi connectivity index (χ3v) is 1.59. The van der Waals surface area contributed by atoms with Crippen LogP contribution >= 0.6 is 0 Å². The van der Waals surface area contributed by atoms with E-state index in [0.717, 1.165) is 0 Å². The Labute approximate surface area is 70.0 Å². The first-order valence-corrected chi connectivity index (χ1v) is 3.52. The lowest BCUT2D eigenvalue weighted by Gasteiger charge is -2.04. The van der Waals surface area contributed by atoms with Gasteiger partial charge in [0.1, 0.15) is 0 Å². The number of anilines is 1. The first-order chi connectivity index (χ1) is 5.66. The lowest BCUT2D eigenvalue weighted by molar-refractivity contribution is 0.180. The molecule has 0 saturated carbocycles. The van der Waals surface area contributed by atoms with E-state index in [1.165, 1.54) is 10.6 Å². The van der Waals surface area contributed by atoms with Crippen LogP contribution in [0.15, 0.2) is 6.07 Å². The van der Waals surface area contributed by atoms with Crippen LogP contribution in [-0.4, -0.2) is 28.5 Å². The molecule has 0 aliphatic carbocycles. The third-order valence-electron chi connectivity index (χ3n) is 1.59. The van der Waals surface area contributed by atoms with E-state index in [4.69, 9.17) is 10.5 Å². The normalized spacial score (nSPS) is 10.4. The van der Waals surface area contributed by atoms with E-state index in [1.807, 2.05) is 0 Å². The fourth-order valence-electron chi connectivity index (χ4n) is 0.949. The van der Waals surface area contributed by atoms with Crippen LogP contribution in [-0.2, 0) is 11.3 Å². The van der Waals surface area contributed by atoms with Crippen LogP contribution < -0.4 is 5.73 Å². The van der Waals surface area contributed by atoms with Gasteiger partial charge in [0, 0.05) is 13.2 Å². The van der Waals surface area contributed by atoms with Gasteiger partial charge in [0.15, 0.2) is 5.88 Å². The number of hydrogen-bond acceptors (Lipinski definition) is 4. The molecule has 0 fully saturated rings. The van der Waals surface area contributed by atoms with Crippen molar-refractivity contribution in [3.8, 4) is 11.8 Å². The summed E-state index contributed by atoms with van der Waals surface area (Å²) in [6.45, 7) is 0.792. The molecule has 4 N–H and O–H groups in total. The van der Waals surface area contributed by atoms with Gasteiger partial charge in [0.05, 0.1) is 18.8 Å². The monoisotopic (exact) mass is 172 g/mol. The second-order valence-corrected chi connectivity index (χ2v) is 2.43. The number of aromatic hydroxyl groups is 2. The van der Waals surface area contributed by atoms with Crippen molar-refractivity contribution in [3.63, 3.8) is 0 Å². The van der Waals surface area contributed by atoms with E-state index in [0.29, 0.717) is 13.2 Å². The Morgan fingerprint density at radius 2 is 2.25 bits per heavy atom. The van der Waals surface area contributed by atoms with Gasteiger partial charge in [-0.15, -0.1) is 0 Å². The number of nitrogens with zero attached hydrogens (tertiary/aromatic N) is 1. The largest absolute Gasteiger partial charge is 0.494 e. The Bertz CT molecular complexity index is 270. The summed E-state index contributed by atoms with van der Waals surface area (Å²) in [4.78, 5) is 0. The Kier molecular flexibility index (Phi) is 2.44. The molecule has 68 valence electrons. The summed E-state index contributed by atoms with van der Waals surface area (Å²) in [6.07, 6.45) is 0. The zero-order valence-electron chi connectivity index (χ0n) is 6.82. The summed E-state index contributed by atoms with van der Waals surface area (Å²) in [7, 11) is 1.54. The van der Waals surface area contributed by atoms with Crippen molar-refractivity contribution in [3.05, 3.63) is 6.07 Å². The molecular formula is C7H12N2O3. The van der Waals surface area contributed by atoms with Gasteiger partial charge < -0.3 is 20.7 Å². The van der Waals surface area contributed by atoms with Gasteiger partial charge in [-0.1, -0.05) is 0 Å². The van der Waals surface area contributed by atoms with Crippen LogP contribution in [0.25, 0.3) is 0 Å². The van der Waals surface area contributed by atoms with Gasteiger partial charge >= 0.3 is 0 Å². The second-order valence-electron chi connectivity index (χ2n) is 2.43. The molecular weight excluding hydrogens is 160 g/mol. The van der Waals surface area contributed by atoms with Gasteiger partial charge in [-0.05, 0) is 0 Å². The van der Waals surface area contributed by atoms with E-state index in [-0.39, 0.29) is 17.4 Å². The minimum Gasteiger partial charge on any atom is -0.494 e. The minimum absolute atomic E-state index is 0.0537. The third kappa shape index (κ3) is 1.45. The van der Waals surface area contributed by atoms with E-state index in [1.54, 1.807) is 7.11 Å². The van der Waals surface area contributed by atoms with Crippen molar-refractivity contribution >= 4 is 5.69 Å². The predicted octanol–water partition coefficient (Wildman–Crippen LogP) is 0.128. The summed E-state index contributed by atoms with van der Waals surface area (Å²) < 4.78 is 6.06. The van der Waals surface area contributed by atoms with Crippen molar-refractivity contribution in [1.29, 1.82) is 0 Å². The topological polar surface area (TPSA) is 80.6 Å². The summed E-state index contributed by atoms with van der Waals surface area (Å²) in [6, 6.07) is 1.30. The first kappa shape index (κ1) is 8.73. The van der Waals surface area contributed by atoms with E-state index in [9.17, 15) is 10.2 Å². The highest BCUT2D eigenvalue weighted by atomic mass is 16.5. The highest BCUT2D eigenvalue weighted by molar-refractivity contribution is 5.53. The Balaban J connectivity index is 2.82. The minimum atomic E-state index is -0.121. The highest BCUT2D eigenvalue weighted by Gasteiger charge is 2.09. The number of ether oxygens (including phenoxy) is 1. The molecule has 1 rings (SSSR count). The van der Waals surface area contributed by atoms with Crippen LogP contribution in [0.2, 0.25) is 0 Å². The molecule has 12 heavy (non-hydrogen) atoms. The van der Waals surface area contributed by atoms with Crippen LogP contribution in [0, 0.1) is 0 Å². The number of hydrogen-bond donors (Lipinski definition) is 3. The van der Waals surface area contributed by atoms with Gasteiger partial charge in [-0.25, -0.2) is 0 Å². The van der Waals surface area contributed by atoms with Crippen LogP contribution in [0.5, 0.6) is 11.8 Å². The molecule has 0 aromatic carbocycles. The molecule has 0 bridgehead atoms. The molecule has 5 heteroatoms. The number of nitrogens with two attached hydrogens (primary N) is 1. The standard InChI is InChI=1S/C7H12N2O3/c1-12-3-2-9-6(10)4-5(8)7(9)11/h4,10-11H,2-3,8H2,1H3. The fraction of sp³-hybridized carbons (Fsp3) is 0.429. The van der Waals surface area contributed by atoms with Crippen molar-refractivity contribution in [2.24, 2.45) is 0 Å². The quantitative estimate of drug-likeness (QED) is 0.605. The van der Waals surface area contributed by atoms with Crippen LogP contribution in [0.1, 0.15) is 0 Å². The first-order valence-electron chi connectivity index (χ1n) is 3.52. The molecule has 0 saturated heterocycles. The fourth-order valence-corrected chi connectivity index (χ4v) is 0.949. The van der Waals surface area contributed by atoms with Crippen molar-refractivity contribution in [2.75, 3.05) is 19.5 Å². The molecule has 0 amide bonds. The van der Waals surface area contributed by atoms with E-state index >= 15 is 0 Å². The summed E-state index contributed by atoms with van der Waals surface area (Å²) >= 11 is 0. The maximum Gasteiger partial charge on any atom is 0.217 e. The van der Waals surface area contributed by atoms with Gasteiger partial charge in [0.2, 0.25) is 5.88 Å². The molecule has 5 nitrogen and oxygen atoms in total. The molecule has 0 unspecified atom stereocenters. The van der Waals surface area contributed by atoms with Gasteiger partial charge in [-0.3, -0.25) is 4.57 Å². The summed E-state index contributed by atoms with van der Waals surface area (Å²) in [5, 5.41) is 18.5. The average molecular weight is 172 g/mol. The summed E-state index contributed by atoms with van der Waals surface area (Å²) in [5.41, 5.74) is 5.51. The Hall–Kier alpha value is -1.36. The molecule has 0 aliphatic rings. The smallest absolute Gasteiger partial charge is 0.217 e. The summed E-state index contributed by atoms with van der Waals surface area (Å²) in [5.74, 6) is -0.174. The second kappa shape index (κ2) is 3.36. The molecule has 0 radical (unpaired) electrons. The molecule has 0 atom stereocenters. The van der Waals surface area contributed by atoms with Crippen LogP contribution in [0.3, 0.4) is 0 Å². The molecule has 1 aromatic rings. The predicted molar refractivity (Wildman–Crippen MR) is 44.1 cm³/mol. The van der Waals surface area contributed by atoms with Crippen molar-refractivity contribution in [2.45, 2.75) is 6.54 Å². The molecule has 0 aliphatic heterocycles. The number of nitrogen functional groups attached to an aromatic ring is 1. The maximum absolute atomic E-state index is 9.27. The van der Waals surface area contributed by atoms with Crippen molar-refractivity contribution < 1.29 is 14.9 Å². The molecule has 1 aromatic heterocycles. The maximum atomic E-state index is 9.27. The van der Waals surface area contributed by atoms with E-state index in [2.05, 4.69) is 0 Å². The number of aromatic nitrogens is 1. The van der Waals surface area contributed by atoms with E-state index < -0.39 is 0 Å². The van der Waals surface area contributed by atoms with Gasteiger partial charge in [-0.2, -0.15) is 0 Å². The molecule has 0 spiro atoms. The Morgan fingerprint density at radius 1 is 1.58 bits per heavy atom. The van der Waals surface area contributed by atoms with Crippen molar-refractivity contribution in [1.82, 2.24) is 4.57 Å². The average Bonchev–Trinajstić information content (AvgIpc) is 2.25. The number of methoxy groups -OCH3 is 1. The lowest BCUT2D eigenvalue weighted by atomic mass is 10.5. The SMILES string of the molecule is COCCn1c(O)cc(N)c1O. The molecule has 1 heterocycles. The lowest BCUT2D eigenvalue weighted by Crippen LogP contribution is -2.03. The van der Waals surface area contributed by atoms with Crippen LogP contribution in [0.4, 0.5) is 5.69 Å².